The molecule has 10 rings (SSSR count). The summed E-state index contributed by atoms with van der Waals surface area (Å²) in [6, 6.07) is 55.2. The number of aromatic nitrogens is 2. The van der Waals surface area contributed by atoms with Gasteiger partial charge in [0.1, 0.15) is 11.6 Å². The van der Waals surface area contributed by atoms with Gasteiger partial charge >= 0.3 is 6.18 Å². The molecule has 0 atom stereocenters. The zero-order valence-electron chi connectivity index (χ0n) is 32.5. The molecule has 0 unspecified atom stereocenters. The van der Waals surface area contributed by atoms with Crippen LogP contribution >= 0.6 is 0 Å². The van der Waals surface area contributed by atoms with Crippen LogP contribution in [0.1, 0.15) is 22.3 Å². The highest BCUT2D eigenvalue weighted by atomic mass is 19.4. The Labute approximate surface area is 348 Å². The van der Waals surface area contributed by atoms with Gasteiger partial charge in [-0.15, -0.1) is 0 Å². The lowest BCUT2D eigenvalue weighted by molar-refractivity contribution is -0.137. The van der Waals surface area contributed by atoms with E-state index in [1.165, 1.54) is 6.07 Å². The maximum atomic E-state index is 14.5. The predicted octanol–water partition coefficient (Wildman–Crippen LogP) is 14.5. The number of halogens is 3. The molecule has 0 radical (unpaired) electrons. The van der Waals surface area contributed by atoms with Crippen LogP contribution < -0.4 is 0 Å². The molecule has 0 saturated heterocycles. The summed E-state index contributed by atoms with van der Waals surface area (Å²) in [6.07, 6.45) is -4.58. The maximum Gasteiger partial charge on any atom is 0.416 e. The second-order valence-corrected chi connectivity index (χ2v) is 15.1. The van der Waals surface area contributed by atoms with Crippen molar-refractivity contribution < 1.29 is 13.2 Å². The van der Waals surface area contributed by atoms with E-state index in [1.54, 1.807) is 25.1 Å². The fraction of sp³-hybridized carbons (Fsp3) is 0.0377. The summed E-state index contributed by atoms with van der Waals surface area (Å²) in [4.78, 5) is 3.64. The first kappa shape index (κ1) is 36.9. The Balaban J connectivity index is 1.34. The average Bonchev–Trinajstić information content (AvgIpc) is 3.80. The van der Waals surface area contributed by atoms with Crippen LogP contribution in [0.4, 0.5) is 18.9 Å². The number of benzene rings is 8. The minimum Gasteiger partial charge on any atom is -0.308 e. The van der Waals surface area contributed by atoms with E-state index in [2.05, 4.69) is 17.0 Å². The molecule has 0 fully saturated rings. The van der Waals surface area contributed by atoms with E-state index in [0.717, 1.165) is 71.9 Å². The molecule has 0 aliphatic rings. The summed E-state index contributed by atoms with van der Waals surface area (Å²) in [5.74, 6) is 0. The Kier molecular flexibility index (Phi) is 8.58. The summed E-state index contributed by atoms with van der Waals surface area (Å²) in [7, 11) is 0. The van der Waals surface area contributed by atoms with Crippen LogP contribution in [0.5, 0.6) is 0 Å². The number of rotatable bonds is 5. The van der Waals surface area contributed by atoms with Gasteiger partial charge in [0, 0.05) is 21.5 Å². The summed E-state index contributed by atoms with van der Waals surface area (Å²) in [5, 5.41) is 24.8. The average molecular weight is 794 g/mol. The fourth-order valence-electron chi connectivity index (χ4n) is 8.70. The second kappa shape index (κ2) is 14.2. The Hall–Kier alpha value is -8.38. The number of para-hydroxylation sites is 2. The van der Waals surface area contributed by atoms with Crippen molar-refractivity contribution in [3.8, 4) is 56.9 Å². The van der Waals surface area contributed by atoms with Crippen molar-refractivity contribution in [3.63, 3.8) is 0 Å². The molecular formula is C53H30F3N5. The van der Waals surface area contributed by atoms with Gasteiger partial charge in [-0.3, -0.25) is 0 Å². The van der Waals surface area contributed by atoms with Crippen LogP contribution in [0.15, 0.2) is 164 Å². The van der Waals surface area contributed by atoms with Gasteiger partial charge in [0.05, 0.1) is 57.2 Å². The van der Waals surface area contributed by atoms with Gasteiger partial charge in [-0.05, 0) is 113 Å². The van der Waals surface area contributed by atoms with Crippen molar-refractivity contribution in [1.82, 2.24) is 9.13 Å². The Morgan fingerprint density at radius 1 is 0.492 bits per heavy atom. The molecule has 0 N–H and O–H groups in total. The molecule has 61 heavy (non-hydrogen) atoms. The minimum absolute atomic E-state index is 0.315. The van der Waals surface area contributed by atoms with Crippen LogP contribution in [-0.2, 0) is 6.18 Å². The van der Waals surface area contributed by atoms with Gasteiger partial charge in [-0.1, -0.05) is 97.1 Å². The van der Waals surface area contributed by atoms with Crippen molar-refractivity contribution in [2.24, 2.45) is 0 Å². The maximum absolute atomic E-state index is 14.5. The summed E-state index contributed by atoms with van der Waals surface area (Å²) in [6.45, 7) is 9.27. The topological polar surface area (TPSA) is 61.8 Å². The molecule has 0 aliphatic carbocycles. The van der Waals surface area contributed by atoms with Crippen LogP contribution in [0.2, 0.25) is 0 Å². The highest BCUT2D eigenvalue weighted by molar-refractivity contribution is 6.12. The standard InChI is InChI=1S/C53H30F3N5/c1-32-21-38(24-40(22-32)53(54,55)56)39-28-51(60-47-15-5-3-13-42(47)44-19-17-36(26-49(44)60)34-10-7-9-33(23-34)30-57)46(31-58)52(29-39)61-48-16-6-4-14-43(48)45-20-18-37(27-50(45)61)35-11-8-12-41(25-35)59-2/h3-29H,1H3. The van der Waals surface area contributed by atoms with E-state index in [4.69, 9.17) is 6.57 Å². The molecule has 0 amide bonds. The number of nitrogens with zero attached hydrogens (tertiary/aromatic N) is 5. The van der Waals surface area contributed by atoms with Crippen molar-refractivity contribution in [2.45, 2.75) is 13.1 Å². The molecule has 0 bridgehead atoms. The lowest BCUT2D eigenvalue weighted by atomic mass is 9.96. The van der Waals surface area contributed by atoms with Gasteiger partial charge in [0.25, 0.3) is 0 Å². The van der Waals surface area contributed by atoms with Gasteiger partial charge in [0.15, 0.2) is 5.69 Å². The van der Waals surface area contributed by atoms with Crippen LogP contribution in [-0.4, -0.2) is 9.13 Å². The van der Waals surface area contributed by atoms with E-state index >= 15 is 0 Å². The highest BCUT2D eigenvalue weighted by Crippen LogP contribution is 2.43. The third-order valence-electron chi connectivity index (χ3n) is 11.4. The number of alkyl halides is 3. The van der Waals surface area contributed by atoms with Crippen molar-refractivity contribution in [3.05, 3.63) is 197 Å². The van der Waals surface area contributed by atoms with Gasteiger partial charge in [0.2, 0.25) is 0 Å². The molecule has 0 aliphatic heterocycles. The fourth-order valence-corrected chi connectivity index (χ4v) is 8.70. The molecule has 288 valence electrons. The van der Waals surface area contributed by atoms with Crippen molar-refractivity contribution in [1.29, 1.82) is 10.5 Å². The molecule has 0 spiro atoms. The van der Waals surface area contributed by atoms with Crippen LogP contribution in [0.3, 0.4) is 0 Å². The summed E-state index contributed by atoms with van der Waals surface area (Å²) >= 11 is 0. The Morgan fingerprint density at radius 2 is 1.02 bits per heavy atom. The second-order valence-electron chi connectivity index (χ2n) is 15.1. The molecule has 2 aromatic heterocycles. The first-order valence-electron chi connectivity index (χ1n) is 19.5. The Morgan fingerprint density at radius 3 is 1.57 bits per heavy atom. The minimum atomic E-state index is -4.58. The summed E-state index contributed by atoms with van der Waals surface area (Å²) in [5.41, 5.74) is 9.45. The van der Waals surface area contributed by atoms with Gasteiger partial charge in [-0.2, -0.15) is 23.7 Å². The van der Waals surface area contributed by atoms with Crippen LogP contribution in [0, 0.1) is 36.2 Å². The number of aryl methyl sites for hydroxylation is 1. The van der Waals surface area contributed by atoms with Gasteiger partial charge in [-0.25, -0.2) is 4.85 Å². The third-order valence-corrected chi connectivity index (χ3v) is 11.4. The monoisotopic (exact) mass is 793 g/mol. The van der Waals surface area contributed by atoms with E-state index < -0.39 is 11.7 Å². The number of fused-ring (bicyclic) bond motifs is 6. The molecule has 10 aromatic rings. The zero-order chi connectivity index (χ0) is 42.0. The van der Waals surface area contributed by atoms with Gasteiger partial charge < -0.3 is 9.13 Å². The zero-order valence-corrected chi connectivity index (χ0v) is 32.5. The SMILES string of the molecule is [C-]#[N+]c1cccc(-c2ccc3c4ccccc4n(-c4cc(-c5cc(C)cc(C(F)(F)F)c5)cc(-n5c6ccccc6c6ccc(-c7cccc(C#N)c7)cc65)c4C#N)c3c2)c1. The lowest BCUT2D eigenvalue weighted by Crippen LogP contribution is -2.07. The van der Waals surface area contributed by atoms with Crippen molar-refractivity contribution >= 4 is 49.3 Å². The van der Waals surface area contributed by atoms with E-state index in [0.29, 0.717) is 44.9 Å². The number of hydrogen-bond donors (Lipinski definition) is 0. The van der Waals surface area contributed by atoms with E-state index in [1.807, 2.05) is 143 Å². The predicted molar refractivity (Wildman–Crippen MR) is 237 cm³/mol. The Bertz CT molecular complexity index is 3390. The van der Waals surface area contributed by atoms with Crippen LogP contribution in [0.25, 0.3) is 93.2 Å². The van der Waals surface area contributed by atoms with Crippen molar-refractivity contribution in [2.75, 3.05) is 0 Å². The normalized spacial score (nSPS) is 11.6. The summed E-state index contributed by atoms with van der Waals surface area (Å²) < 4.78 is 47.4. The third kappa shape index (κ3) is 6.16. The molecule has 0 saturated carbocycles. The quantitative estimate of drug-likeness (QED) is 0.163. The molecule has 8 aromatic carbocycles. The molecule has 2 heterocycles. The number of nitriles is 2. The van der Waals surface area contributed by atoms with E-state index in [9.17, 15) is 23.7 Å². The largest absolute Gasteiger partial charge is 0.416 e. The van der Waals surface area contributed by atoms with E-state index in [-0.39, 0.29) is 0 Å². The molecule has 5 nitrogen and oxygen atoms in total. The number of hydrogen-bond acceptors (Lipinski definition) is 2. The molecule has 8 heteroatoms. The first-order chi connectivity index (χ1) is 29.6. The first-order valence-corrected chi connectivity index (χ1v) is 19.5. The highest BCUT2D eigenvalue weighted by Gasteiger charge is 2.31. The lowest BCUT2D eigenvalue weighted by Gasteiger charge is -2.19. The molecular weight excluding hydrogens is 764 g/mol. The smallest absolute Gasteiger partial charge is 0.308 e.